The number of hydrogen-bond donors (Lipinski definition) is 1. The number of benzene rings is 1. The molecular formula is C15H17ClN2. The molecule has 18 heavy (non-hydrogen) atoms. The maximum atomic E-state index is 6.41. The van der Waals surface area contributed by atoms with Gasteiger partial charge in [0.2, 0.25) is 0 Å². The first-order valence-electron chi connectivity index (χ1n) is 6.70. The summed E-state index contributed by atoms with van der Waals surface area (Å²) in [4.78, 5) is 5.77. The Morgan fingerprint density at radius 1 is 1.33 bits per heavy atom. The van der Waals surface area contributed by atoms with Crippen molar-refractivity contribution in [1.82, 2.24) is 9.88 Å². The van der Waals surface area contributed by atoms with Gasteiger partial charge in [0, 0.05) is 29.1 Å². The van der Waals surface area contributed by atoms with E-state index in [0.29, 0.717) is 12.0 Å². The highest BCUT2D eigenvalue weighted by Gasteiger charge is 2.38. The van der Waals surface area contributed by atoms with E-state index in [9.17, 15) is 0 Å². The summed E-state index contributed by atoms with van der Waals surface area (Å²) in [5.41, 5.74) is 4.47. The van der Waals surface area contributed by atoms with Crippen LogP contribution in [0.2, 0.25) is 0 Å². The van der Waals surface area contributed by atoms with Gasteiger partial charge in [-0.05, 0) is 43.5 Å². The second-order valence-electron chi connectivity index (χ2n) is 5.64. The quantitative estimate of drug-likeness (QED) is 0.568. The zero-order valence-electron chi connectivity index (χ0n) is 10.5. The summed E-state index contributed by atoms with van der Waals surface area (Å²) in [7, 11) is 2.17. The van der Waals surface area contributed by atoms with Gasteiger partial charge in [-0.15, -0.1) is 11.6 Å². The molecule has 0 saturated carbocycles. The van der Waals surface area contributed by atoms with Crippen LogP contribution < -0.4 is 0 Å². The van der Waals surface area contributed by atoms with Gasteiger partial charge in [0.25, 0.3) is 0 Å². The fraction of sp³-hybridized carbons (Fsp3) is 0.467. The maximum Gasteiger partial charge on any atom is 0.0850 e. The van der Waals surface area contributed by atoms with E-state index in [1.165, 1.54) is 28.5 Å². The molecule has 0 amide bonds. The summed E-state index contributed by atoms with van der Waals surface area (Å²) in [6, 6.07) is 7.22. The van der Waals surface area contributed by atoms with E-state index in [1.807, 2.05) is 0 Å². The van der Waals surface area contributed by atoms with Crippen LogP contribution in [0.5, 0.6) is 0 Å². The van der Waals surface area contributed by atoms with E-state index in [2.05, 4.69) is 41.3 Å². The van der Waals surface area contributed by atoms with Crippen LogP contribution in [-0.4, -0.2) is 28.5 Å². The molecule has 2 aliphatic rings. The summed E-state index contributed by atoms with van der Waals surface area (Å²) in [5.74, 6) is 0.650. The lowest BCUT2D eigenvalue weighted by atomic mass is 9.75. The molecule has 1 N–H and O–H groups in total. The number of nitrogens with one attached hydrogen (secondary N) is 1. The number of hydrogen-bond acceptors (Lipinski definition) is 1. The molecule has 1 saturated heterocycles. The molecule has 2 nitrogen and oxygen atoms in total. The third kappa shape index (κ3) is 1.33. The number of rotatable bonds is 0. The van der Waals surface area contributed by atoms with Crippen molar-refractivity contribution in [3.8, 4) is 0 Å². The first-order valence-corrected chi connectivity index (χ1v) is 7.14. The molecule has 2 heterocycles. The molecule has 0 spiro atoms. The van der Waals surface area contributed by atoms with E-state index in [4.69, 9.17) is 11.6 Å². The minimum atomic E-state index is 0.200. The van der Waals surface area contributed by atoms with Gasteiger partial charge < -0.3 is 4.98 Å². The van der Waals surface area contributed by atoms with Crippen molar-refractivity contribution in [2.75, 3.05) is 7.05 Å². The van der Waals surface area contributed by atoms with E-state index < -0.39 is 0 Å². The molecule has 1 aliphatic carbocycles. The highest BCUT2D eigenvalue weighted by Crippen LogP contribution is 2.44. The van der Waals surface area contributed by atoms with Crippen molar-refractivity contribution in [1.29, 1.82) is 0 Å². The molecule has 0 bridgehead atoms. The largest absolute Gasteiger partial charge is 0.361 e. The average Bonchev–Trinajstić information content (AvgIpc) is 2.80. The van der Waals surface area contributed by atoms with Gasteiger partial charge in [-0.3, -0.25) is 4.90 Å². The summed E-state index contributed by atoms with van der Waals surface area (Å²) in [5, 5.41) is 1.47. The van der Waals surface area contributed by atoms with Crippen molar-refractivity contribution >= 4 is 22.5 Å². The fourth-order valence-corrected chi connectivity index (χ4v) is 4.11. The number of likely N-dealkylation sites (tertiary alicyclic amines) is 1. The van der Waals surface area contributed by atoms with Crippen LogP contribution in [0.15, 0.2) is 24.4 Å². The van der Waals surface area contributed by atoms with Gasteiger partial charge in [0.05, 0.1) is 5.50 Å². The van der Waals surface area contributed by atoms with Crippen molar-refractivity contribution in [2.24, 2.45) is 0 Å². The summed E-state index contributed by atoms with van der Waals surface area (Å²) >= 11 is 6.41. The smallest absolute Gasteiger partial charge is 0.0850 e. The number of aromatic nitrogens is 1. The number of halogens is 1. The molecule has 1 aromatic carbocycles. The Balaban J connectivity index is 1.90. The topological polar surface area (TPSA) is 19.0 Å². The van der Waals surface area contributed by atoms with E-state index in [-0.39, 0.29) is 5.50 Å². The fourth-order valence-electron chi connectivity index (χ4n) is 3.83. The van der Waals surface area contributed by atoms with E-state index >= 15 is 0 Å². The Kier molecular flexibility index (Phi) is 2.27. The Morgan fingerprint density at radius 2 is 2.22 bits per heavy atom. The van der Waals surface area contributed by atoms with Crippen LogP contribution in [-0.2, 0) is 6.42 Å². The number of piperidine rings is 1. The third-order valence-electron chi connectivity index (χ3n) is 4.79. The second kappa shape index (κ2) is 3.75. The highest BCUT2D eigenvalue weighted by molar-refractivity contribution is 6.20. The van der Waals surface area contributed by atoms with Gasteiger partial charge >= 0.3 is 0 Å². The van der Waals surface area contributed by atoms with Gasteiger partial charge in [-0.1, -0.05) is 12.1 Å². The Labute approximate surface area is 112 Å². The number of H-pyrrole nitrogens is 1. The average molecular weight is 261 g/mol. The standard InChI is InChI=1S/C15H17ClN2/c1-18-13-7-9-8-17-12-4-2-3-11(15(9)12)10(13)5-6-14(18)16/h2-4,8,10,13-14,17H,5-7H2,1H3. The SMILES string of the molecule is CN1C(Cl)CCC2c3cccc4[nH]cc(c34)CC21. The Bertz CT molecular complexity index is 604. The minimum Gasteiger partial charge on any atom is -0.361 e. The number of likely N-dealkylation sites (N-methyl/N-ethyl adjacent to an activating group) is 1. The van der Waals surface area contributed by atoms with Gasteiger partial charge in [0.1, 0.15) is 0 Å². The lowest BCUT2D eigenvalue weighted by Gasteiger charge is -2.44. The molecular weight excluding hydrogens is 244 g/mol. The number of nitrogens with zero attached hydrogens (tertiary/aromatic N) is 1. The highest BCUT2D eigenvalue weighted by atomic mass is 35.5. The Morgan fingerprint density at radius 3 is 3.11 bits per heavy atom. The molecule has 0 radical (unpaired) electrons. The maximum absolute atomic E-state index is 6.41. The third-order valence-corrected chi connectivity index (χ3v) is 5.32. The van der Waals surface area contributed by atoms with E-state index in [1.54, 1.807) is 0 Å². The first kappa shape index (κ1) is 10.9. The summed E-state index contributed by atoms with van der Waals surface area (Å²) < 4.78 is 0. The van der Waals surface area contributed by atoms with Gasteiger partial charge in [-0.25, -0.2) is 0 Å². The van der Waals surface area contributed by atoms with Gasteiger partial charge in [-0.2, -0.15) is 0 Å². The van der Waals surface area contributed by atoms with Crippen LogP contribution in [0, 0.1) is 0 Å². The lowest BCUT2D eigenvalue weighted by Crippen LogP contribution is -2.47. The van der Waals surface area contributed by atoms with Crippen LogP contribution >= 0.6 is 11.6 Å². The first-order chi connectivity index (χ1) is 8.75. The lowest BCUT2D eigenvalue weighted by molar-refractivity contribution is 0.135. The van der Waals surface area contributed by atoms with Crippen LogP contribution in [0.4, 0.5) is 0 Å². The second-order valence-corrected chi connectivity index (χ2v) is 6.14. The zero-order chi connectivity index (χ0) is 12.3. The summed E-state index contributed by atoms with van der Waals surface area (Å²) in [6.45, 7) is 0. The van der Waals surface area contributed by atoms with Crippen LogP contribution in [0.1, 0.15) is 29.9 Å². The van der Waals surface area contributed by atoms with E-state index in [0.717, 1.165) is 12.8 Å². The van der Waals surface area contributed by atoms with Crippen LogP contribution in [0.3, 0.4) is 0 Å². The predicted octanol–water partition coefficient (Wildman–Crippen LogP) is 3.47. The van der Waals surface area contributed by atoms with Crippen LogP contribution in [0.25, 0.3) is 10.9 Å². The number of aromatic amines is 1. The van der Waals surface area contributed by atoms with Gasteiger partial charge in [0.15, 0.2) is 0 Å². The molecule has 3 atom stereocenters. The predicted molar refractivity (Wildman–Crippen MR) is 75.2 cm³/mol. The molecule has 3 heteroatoms. The molecule has 1 aromatic heterocycles. The Hall–Kier alpha value is -0.990. The monoisotopic (exact) mass is 260 g/mol. The van der Waals surface area contributed by atoms with Crippen molar-refractivity contribution in [3.05, 3.63) is 35.5 Å². The van der Waals surface area contributed by atoms with Crippen molar-refractivity contribution in [2.45, 2.75) is 36.7 Å². The minimum absolute atomic E-state index is 0.200. The molecule has 1 fully saturated rings. The van der Waals surface area contributed by atoms with Crippen molar-refractivity contribution < 1.29 is 0 Å². The number of alkyl halides is 1. The van der Waals surface area contributed by atoms with Crippen molar-refractivity contribution in [3.63, 3.8) is 0 Å². The number of fused-ring (bicyclic) bond motifs is 2. The summed E-state index contributed by atoms with van der Waals surface area (Å²) in [6.07, 6.45) is 5.61. The molecule has 94 valence electrons. The molecule has 1 aliphatic heterocycles. The molecule has 2 aromatic rings. The normalized spacial score (nSPS) is 31.6. The zero-order valence-corrected chi connectivity index (χ0v) is 11.2. The molecule has 4 rings (SSSR count). The molecule has 3 unspecified atom stereocenters.